The highest BCUT2D eigenvalue weighted by molar-refractivity contribution is 5.97. The minimum atomic E-state index is -0.404. The smallest absolute Gasteiger partial charge is 0.254 e. The van der Waals surface area contributed by atoms with E-state index in [9.17, 15) is 14.4 Å². The molecule has 1 aromatic rings. The molecule has 1 aliphatic heterocycles. The van der Waals surface area contributed by atoms with E-state index >= 15 is 0 Å². The van der Waals surface area contributed by atoms with Crippen LogP contribution in [0, 0.1) is 5.41 Å². The summed E-state index contributed by atoms with van der Waals surface area (Å²) in [5.41, 5.74) is 0.741. The number of carbonyl (C=O) groups is 3. The number of benzene rings is 1. The van der Waals surface area contributed by atoms with Gasteiger partial charge in [-0.05, 0) is 18.2 Å². The molecule has 1 N–H and O–H groups in total. The molecule has 0 aliphatic carbocycles. The Morgan fingerprint density at radius 3 is 2.12 bits per heavy atom. The Labute approximate surface area is 142 Å². The largest absolute Gasteiger partial charge is 0.339 e. The Balaban J connectivity index is 2.00. The zero-order valence-electron chi connectivity index (χ0n) is 14.8. The molecule has 1 saturated heterocycles. The van der Waals surface area contributed by atoms with Crippen LogP contribution in [0.1, 0.15) is 38.1 Å². The zero-order chi connectivity index (χ0) is 17.9. The monoisotopic (exact) mass is 331 g/mol. The molecule has 0 aromatic heterocycles. The van der Waals surface area contributed by atoms with E-state index in [1.165, 1.54) is 6.92 Å². The van der Waals surface area contributed by atoms with Gasteiger partial charge in [-0.1, -0.05) is 26.8 Å². The number of piperazine rings is 1. The molecule has 0 bridgehead atoms. The number of rotatable bonds is 2. The predicted octanol–water partition coefficient (Wildman–Crippen LogP) is 1.98. The first-order valence-corrected chi connectivity index (χ1v) is 8.15. The fourth-order valence-electron chi connectivity index (χ4n) is 2.70. The van der Waals surface area contributed by atoms with Crippen molar-refractivity contribution in [3.8, 4) is 0 Å². The minimum absolute atomic E-state index is 0.0786. The Morgan fingerprint density at radius 1 is 1.00 bits per heavy atom. The highest BCUT2D eigenvalue weighted by atomic mass is 16.2. The number of nitrogens with zero attached hydrogens (tertiary/aromatic N) is 2. The molecule has 0 saturated carbocycles. The van der Waals surface area contributed by atoms with Crippen molar-refractivity contribution < 1.29 is 14.4 Å². The summed E-state index contributed by atoms with van der Waals surface area (Å²) in [4.78, 5) is 39.6. The zero-order valence-corrected chi connectivity index (χ0v) is 14.8. The molecule has 0 radical (unpaired) electrons. The molecule has 6 heteroatoms. The van der Waals surface area contributed by atoms with Gasteiger partial charge >= 0.3 is 0 Å². The van der Waals surface area contributed by atoms with Gasteiger partial charge in [-0.2, -0.15) is 0 Å². The van der Waals surface area contributed by atoms with Gasteiger partial charge in [0.15, 0.2) is 0 Å². The number of anilines is 1. The van der Waals surface area contributed by atoms with Crippen LogP contribution < -0.4 is 5.32 Å². The van der Waals surface area contributed by atoms with Crippen molar-refractivity contribution >= 4 is 23.4 Å². The van der Waals surface area contributed by atoms with E-state index in [0.29, 0.717) is 37.4 Å². The van der Waals surface area contributed by atoms with Gasteiger partial charge in [0.05, 0.1) is 0 Å². The van der Waals surface area contributed by atoms with Gasteiger partial charge in [-0.15, -0.1) is 0 Å². The lowest BCUT2D eigenvalue weighted by Gasteiger charge is -2.37. The van der Waals surface area contributed by atoms with Gasteiger partial charge in [0, 0.05) is 49.8 Å². The summed E-state index contributed by atoms with van der Waals surface area (Å²) >= 11 is 0. The van der Waals surface area contributed by atoms with Crippen molar-refractivity contribution in [1.82, 2.24) is 9.80 Å². The van der Waals surface area contributed by atoms with Gasteiger partial charge < -0.3 is 15.1 Å². The third kappa shape index (κ3) is 4.34. The fraction of sp³-hybridized carbons (Fsp3) is 0.500. The lowest BCUT2D eigenvalue weighted by Crippen LogP contribution is -2.53. The van der Waals surface area contributed by atoms with E-state index in [4.69, 9.17) is 0 Å². The van der Waals surface area contributed by atoms with Gasteiger partial charge in [0.25, 0.3) is 5.91 Å². The van der Waals surface area contributed by atoms with Crippen LogP contribution in [0.3, 0.4) is 0 Å². The molecule has 0 unspecified atom stereocenters. The third-order valence-corrected chi connectivity index (χ3v) is 3.93. The third-order valence-electron chi connectivity index (χ3n) is 3.93. The number of hydrogen-bond acceptors (Lipinski definition) is 3. The van der Waals surface area contributed by atoms with Crippen LogP contribution in [0.15, 0.2) is 24.3 Å². The second-order valence-corrected chi connectivity index (χ2v) is 7.10. The SMILES string of the molecule is CC(=O)Nc1cccc(C(=O)N2CCN(C(=O)C(C)(C)C)CC2)c1. The standard InChI is InChI=1S/C18H25N3O3/c1-13(22)19-15-7-5-6-14(12-15)16(23)20-8-10-21(11-9-20)17(24)18(2,3)4/h5-7,12H,8-11H2,1-4H3,(H,19,22). The summed E-state index contributed by atoms with van der Waals surface area (Å²) in [7, 11) is 0. The van der Waals surface area contributed by atoms with Crippen molar-refractivity contribution in [1.29, 1.82) is 0 Å². The molecule has 0 spiro atoms. The van der Waals surface area contributed by atoms with E-state index in [1.807, 2.05) is 25.7 Å². The van der Waals surface area contributed by atoms with Crippen molar-refractivity contribution in [2.75, 3.05) is 31.5 Å². The Hall–Kier alpha value is -2.37. The van der Waals surface area contributed by atoms with Crippen LogP contribution in [0.4, 0.5) is 5.69 Å². The molecule has 24 heavy (non-hydrogen) atoms. The number of carbonyl (C=O) groups excluding carboxylic acids is 3. The molecule has 3 amide bonds. The predicted molar refractivity (Wildman–Crippen MR) is 92.7 cm³/mol. The topological polar surface area (TPSA) is 69.7 Å². The molecule has 1 aliphatic rings. The normalized spacial score (nSPS) is 15.2. The highest BCUT2D eigenvalue weighted by Gasteiger charge is 2.31. The van der Waals surface area contributed by atoms with E-state index < -0.39 is 5.41 Å². The van der Waals surface area contributed by atoms with Crippen molar-refractivity contribution in [2.45, 2.75) is 27.7 Å². The first-order chi connectivity index (χ1) is 11.2. The van der Waals surface area contributed by atoms with Gasteiger partial charge in [-0.25, -0.2) is 0 Å². The summed E-state index contributed by atoms with van der Waals surface area (Å²) in [6.07, 6.45) is 0. The Bertz CT molecular complexity index is 641. The second-order valence-electron chi connectivity index (χ2n) is 7.10. The van der Waals surface area contributed by atoms with Crippen LogP contribution in [0.5, 0.6) is 0 Å². The van der Waals surface area contributed by atoms with Crippen LogP contribution in [-0.2, 0) is 9.59 Å². The lowest BCUT2D eigenvalue weighted by atomic mass is 9.94. The van der Waals surface area contributed by atoms with Gasteiger partial charge in [0.2, 0.25) is 11.8 Å². The molecule has 0 atom stereocenters. The second kappa shape index (κ2) is 7.03. The molecular weight excluding hydrogens is 306 g/mol. The minimum Gasteiger partial charge on any atom is -0.339 e. The molecular formula is C18H25N3O3. The molecule has 130 valence electrons. The highest BCUT2D eigenvalue weighted by Crippen LogP contribution is 2.19. The lowest BCUT2D eigenvalue weighted by molar-refractivity contribution is -0.140. The molecule has 1 heterocycles. The van der Waals surface area contributed by atoms with E-state index in [2.05, 4.69) is 5.32 Å². The van der Waals surface area contributed by atoms with Crippen LogP contribution in [0.25, 0.3) is 0 Å². The number of hydrogen-bond donors (Lipinski definition) is 1. The fourth-order valence-corrected chi connectivity index (χ4v) is 2.70. The van der Waals surface area contributed by atoms with Crippen LogP contribution in [0.2, 0.25) is 0 Å². The van der Waals surface area contributed by atoms with E-state index in [1.54, 1.807) is 29.2 Å². The Morgan fingerprint density at radius 2 is 1.58 bits per heavy atom. The summed E-state index contributed by atoms with van der Waals surface area (Å²) in [5, 5.41) is 2.68. The first kappa shape index (κ1) is 18.0. The average Bonchev–Trinajstić information content (AvgIpc) is 2.52. The maximum Gasteiger partial charge on any atom is 0.254 e. The average molecular weight is 331 g/mol. The molecule has 2 rings (SSSR count). The maximum atomic E-state index is 12.6. The number of amides is 3. The molecule has 1 fully saturated rings. The van der Waals surface area contributed by atoms with Gasteiger partial charge in [-0.3, -0.25) is 14.4 Å². The summed E-state index contributed by atoms with van der Waals surface area (Å²) in [5.74, 6) is -0.138. The van der Waals surface area contributed by atoms with Crippen molar-refractivity contribution in [3.63, 3.8) is 0 Å². The van der Waals surface area contributed by atoms with Crippen LogP contribution >= 0.6 is 0 Å². The quantitative estimate of drug-likeness (QED) is 0.901. The summed E-state index contributed by atoms with van der Waals surface area (Å²) in [6.45, 7) is 9.28. The van der Waals surface area contributed by atoms with Crippen molar-refractivity contribution in [2.24, 2.45) is 5.41 Å². The number of nitrogens with one attached hydrogen (secondary N) is 1. The first-order valence-electron chi connectivity index (χ1n) is 8.15. The maximum absolute atomic E-state index is 12.6. The molecule has 1 aromatic carbocycles. The van der Waals surface area contributed by atoms with Crippen LogP contribution in [-0.4, -0.2) is 53.7 Å². The summed E-state index contributed by atoms with van der Waals surface area (Å²) in [6, 6.07) is 6.91. The Kier molecular flexibility index (Phi) is 5.26. The van der Waals surface area contributed by atoms with E-state index in [0.717, 1.165) is 0 Å². The van der Waals surface area contributed by atoms with E-state index in [-0.39, 0.29) is 17.7 Å². The van der Waals surface area contributed by atoms with Crippen molar-refractivity contribution in [3.05, 3.63) is 29.8 Å². The van der Waals surface area contributed by atoms with Gasteiger partial charge in [0.1, 0.15) is 0 Å². The molecule has 6 nitrogen and oxygen atoms in total. The summed E-state index contributed by atoms with van der Waals surface area (Å²) < 4.78 is 0.